The van der Waals surface area contributed by atoms with Gasteiger partial charge in [0.25, 0.3) is 0 Å². The third-order valence-electron chi connectivity index (χ3n) is 4.92. The number of hydrogen-bond donors (Lipinski definition) is 0. The number of hydrogen-bond acceptors (Lipinski definition) is 5. The lowest BCUT2D eigenvalue weighted by Gasteiger charge is -2.28. The van der Waals surface area contributed by atoms with Gasteiger partial charge in [0, 0.05) is 37.9 Å². The fraction of sp³-hybridized carbons (Fsp3) is 0.526. The normalized spacial score (nSPS) is 23.6. The Morgan fingerprint density at radius 3 is 2.71 bits per heavy atom. The SMILES string of the molecule is Cc1cnc(N2CC[C@@H](OCC3CC3)[C@H]2Cc2cccnc2)nc1. The second-order valence-electron chi connectivity index (χ2n) is 6.99. The number of nitrogens with zero attached hydrogens (tertiary/aromatic N) is 4. The smallest absolute Gasteiger partial charge is 0.225 e. The lowest BCUT2D eigenvalue weighted by molar-refractivity contribution is 0.0406. The van der Waals surface area contributed by atoms with E-state index in [1.54, 1.807) is 0 Å². The highest BCUT2D eigenvalue weighted by Crippen LogP contribution is 2.32. The maximum atomic E-state index is 6.27. The second-order valence-corrected chi connectivity index (χ2v) is 6.99. The number of anilines is 1. The van der Waals surface area contributed by atoms with Crippen molar-refractivity contribution in [2.24, 2.45) is 5.92 Å². The van der Waals surface area contributed by atoms with E-state index in [9.17, 15) is 0 Å². The van der Waals surface area contributed by atoms with Crippen molar-refractivity contribution in [3.05, 3.63) is 48.0 Å². The summed E-state index contributed by atoms with van der Waals surface area (Å²) in [6, 6.07) is 4.41. The molecule has 0 aromatic carbocycles. The van der Waals surface area contributed by atoms with Crippen LogP contribution in [0.5, 0.6) is 0 Å². The molecule has 3 heterocycles. The molecule has 126 valence electrons. The molecule has 1 aliphatic heterocycles. The molecule has 4 rings (SSSR count). The first-order valence-corrected chi connectivity index (χ1v) is 8.85. The average Bonchev–Trinajstić information content (AvgIpc) is 3.36. The standard InChI is InChI=1S/C19H24N4O/c1-14-10-21-19(22-11-14)23-8-6-18(24-13-15-4-5-15)17(23)9-16-3-2-7-20-12-16/h2-3,7,10-12,15,17-18H,4-6,8-9,13H2,1H3/t17-,18-/m1/s1. The zero-order valence-electron chi connectivity index (χ0n) is 14.1. The van der Waals surface area contributed by atoms with Crippen molar-refractivity contribution in [1.82, 2.24) is 15.0 Å². The predicted molar refractivity (Wildman–Crippen MR) is 92.9 cm³/mol. The lowest BCUT2D eigenvalue weighted by Crippen LogP contribution is -2.39. The van der Waals surface area contributed by atoms with Gasteiger partial charge in [-0.25, -0.2) is 9.97 Å². The summed E-state index contributed by atoms with van der Waals surface area (Å²) in [4.78, 5) is 15.6. The molecule has 1 saturated carbocycles. The van der Waals surface area contributed by atoms with Crippen LogP contribution in [0.3, 0.4) is 0 Å². The molecule has 5 nitrogen and oxygen atoms in total. The summed E-state index contributed by atoms with van der Waals surface area (Å²) in [7, 11) is 0. The molecule has 0 radical (unpaired) electrons. The lowest BCUT2D eigenvalue weighted by atomic mass is 10.0. The van der Waals surface area contributed by atoms with Gasteiger partial charge >= 0.3 is 0 Å². The van der Waals surface area contributed by atoms with Gasteiger partial charge < -0.3 is 9.64 Å². The molecule has 2 aromatic heterocycles. The summed E-state index contributed by atoms with van der Waals surface area (Å²) in [6.45, 7) is 3.86. The minimum Gasteiger partial charge on any atom is -0.376 e. The van der Waals surface area contributed by atoms with Crippen molar-refractivity contribution in [1.29, 1.82) is 0 Å². The number of rotatable bonds is 6. The number of ether oxygens (including phenoxy) is 1. The van der Waals surface area contributed by atoms with E-state index in [-0.39, 0.29) is 12.1 Å². The van der Waals surface area contributed by atoms with Crippen molar-refractivity contribution < 1.29 is 4.74 Å². The van der Waals surface area contributed by atoms with Gasteiger partial charge in [0.1, 0.15) is 0 Å². The first-order chi connectivity index (χ1) is 11.8. The van der Waals surface area contributed by atoms with Crippen molar-refractivity contribution >= 4 is 5.95 Å². The average molecular weight is 324 g/mol. The van der Waals surface area contributed by atoms with Crippen LogP contribution in [-0.4, -0.2) is 40.2 Å². The topological polar surface area (TPSA) is 51.1 Å². The summed E-state index contributed by atoms with van der Waals surface area (Å²) >= 11 is 0. The highest BCUT2D eigenvalue weighted by atomic mass is 16.5. The van der Waals surface area contributed by atoms with Crippen LogP contribution >= 0.6 is 0 Å². The Bertz CT molecular complexity index is 657. The summed E-state index contributed by atoms with van der Waals surface area (Å²) in [6.07, 6.45) is 12.4. The summed E-state index contributed by atoms with van der Waals surface area (Å²) in [5.74, 6) is 1.60. The highest BCUT2D eigenvalue weighted by Gasteiger charge is 2.37. The van der Waals surface area contributed by atoms with Crippen LogP contribution < -0.4 is 4.90 Å². The third-order valence-corrected chi connectivity index (χ3v) is 4.92. The monoisotopic (exact) mass is 324 g/mol. The van der Waals surface area contributed by atoms with Gasteiger partial charge in [-0.2, -0.15) is 0 Å². The number of pyridine rings is 1. The molecule has 24 heavy (non-hydrogen) atoms. The van der Waals surface area contributed by atoms with E-state index in [0.29, 0.717) is 0 Å². The Labute approximate surface area is 143 Å². The van der Waals surface area contributed by atoms with Crippen LogP contribution in [0.4, 0.5) is 5.95 Å². The molecule has 0 bridgehead atoms. The Kier molecular flexibility index (Phi) is 4.43. The van der Waals surface area contributed by atoms with Crippen LogP contribution in [0.25, 0.3) is 0 Å². The van der Waals surface area contributed by atoms with Crippen LogP contribution in [-0.2, 0) is 11.2 Å². The molecular formula is C19H24N4O. The van der Waals surface area contributed by atoms with Crippen molar-refractivity contribution in [3.8, 4) is 0 Å². The van der Waals surface area contributed by atoms with E-state index in [1.807, 2.05) is 37.8 Å². The Hall–Kier alpha value is -2.01. The predicted octanol–water partition coefficient (Wildman–Crippen LogP) is 2.80. The number of aromatic nitrogens is 3. The van der Waals surface area contributed by atoms with E-state index in [4.69, 9.17) is 4.74 Å². The van der Waals surface area contributed by atoms with Crippen LogP contribution in [0.1, 0.15) is 30.4 Å². The maximum absolute atomic E-state index is 6.27. The Balaban J connectivity index is 1.53. The molecule has 1 aliphatic carbocycles. The van der Waals surface area contributed by atoms with E-state index in [1.165, 1.54) is 18.4 Å². The van der Waals surface area contributed by atoms with E-state index in [0.717, 1.165) is 43.4 Å². The summed E-state index contributed by atoms with van der Waals surface area (Å²) < 4.78 is 6.27. The molecule has 2 fully saturated rings. The molecule has 5 heteroatoms. The van der Waals surface area contributed by atoms with E-state index >= 15 is 0 Å². The molecular weight excluding hydrogens is 300 g/mol. The highest BCUT2D eigenvalue weighted by molar-refractivity contribution is 5.36. The first kappa shape index (κ1) is 15.5. The van der Waals surface area contributed by atoms with Crippen LogP contribution in [0.2, 0.25) is 0 Å². The van der Waals surface area contributed by atoms with Crippen LogP contribution in [0.15, 0.2) is 36.9 Å². The van der Waals surface area contributed by atoms with Gasteiger partial charge in [0.2, 0.25) is 5.95 Å². The summed E-state index contributed by atoms with van der Waals surface area (Å²) in [5, 5.41) is 0. The van der Waals surface area contributed by atoms with Crippen LogP contribution in [0, 0.1) is 12.8 Å². The van der Waals surface area contributed by atoms with Crippen molar-refractivity contribution in [2.45, 2.75) is 44.8 Å². The van der Waals surface area contributed by atoms with Gasteiger partial charge in [-0.05, 0) is 55.7 Å². The molecule has 0 unspecified atom stereocenters. The molecule has 0 amide bonds. The molecule has 2 atom stereocenters. The minimum atomic E-state index is 0.246. The summed E-state index contributed by atoms with van der Waals surface area (Å²) in [5.41, 5.74) is 2.32. The Morgan fingerprint density at radius 2 is 2.00 bits per heavy atom. The molecule has 0 spiro atoms. The van der Waals surface area contributed by atoms with Crippen molar-refractivity contribution in [3.63, 3.8) is 0 Å². The zero-order chi connectivity index (χ0) is 16.4. The maximum Gasteiger partial charge on any atom is 0.225 e. The third kappa shape index (κ3) is 3.56. The molecule has 1 saturated heterocycles. The molecule has 0 N–H and O–H groups in total. The first-order valence-electron chi connectivity index (χ1n) is 8.85. The van der Waals surface area contributed by atoms with Gasteiger partial charge in [0.15, 0.2) is 0 Å². The van der Waals surface area contributed by atoms with E-state index < -0.39 is 0 Å². The molecule has 2 aromatic rings. The largest absolute Gasteiger partial charge is 0.376 e. The number of aryl methyl sites for hydroxylation is 1. The van der Waals surface area contributed by atoms with Crippen molar-refractivity contribution in [2.75, 3.05) is 18.1 Å². The quantitative estimate of drug-likeness (QED) is 0.818. The van der Waals surface area contributed by atoms with Gasteiger partial charge in [-0.15, -0.1) is 0 Å². The van der Waals surface area contributed by atoms with Gasteiger partial charge in [-0.1, -0.05) is 6.07 Å². The van der Waals surface area contributed by atoms with Gasteiger partial charge in [-0.3, -0.25) is 4.98 Å². The Morgan fingerprint density at radius 1 is 1.17 bits per heavy atom. The fourth-order valence-corrected chi connectivity index (χ4v) is 3.35. The fourth-order valence-electron chi connectivity index (χ4n) is 3.35. The van der Waals surface area contributed by atoms with E-state index in [2.05, 4.69) is 25.9 Å². The molecule has 2 aliphatic rings. The minimum absolute atomic E-state index is 0.246. The van der Waals surface area contributed by atoms with Gasteiger partial charge in [0.05, 0.1) is 12.1 Å². The second kappa shape index (κ2) is 6.85. The zero-order valence-corrected chi connectivity index (χ0v) is 14.1.